The lowest BCUT2D eigenvalue weighted by Crippen LogP contribution is -2.61. The Kier molecular flexibility index (Phi) is 14.4. The first kappa shape index (κ1) is 36.0. The first-order chi connectivity index (χ1) is 20.3. The number of hydrogen-bond acceptors (Lipinski definition) is 8. The van der Waals surface area contributed by atoms with E-state index in [1.54, 1.807) is 12.1 Å². The van der Waals surface area contributed by atoms with Crippen LogP contribution in [0.3, 0.4) is 0 Å². The van der Waals surface area contributed by atoms with Crippen molar-refractivity contribution in [2.75, 3.05) is 30.9 Å². The smallest absolute Gasteiger partial charge is 0.322 e. The second kappa shape index (κ2) is 17.2. The van der Waals surface area contributed by atoms with Gasteiger partial charge >= 0.3 is 5.97 Å². The van der Waals surface area contributed by atoms with E-state index in [4.69, 9.17) is 10.8 Å². The Morgan fingerprint density at radius 2 is 1.56 bits per heavy atom. The molecule has 0 aromatic heterocycles. The van der Waals surface area contributed by atoms with Gasteiger partial charge in [-0.2, -0.15) is 23.5 Å². The van der Waals surface area contributed by atoms with Crippen molar-refractivity contribution in [3.8, 4) is 5.75 Å². The minimum Gasteiger partial charge on any atom is -0.508 e. The number of thioether (sulfide) groups is 2. The van der Waals surface area contributed by atoms with Crippen molar-refractivity contribution in [2.45, 2.75) is 63.8 Å². The topological polar surface area (TPSA) is 171 Å². The van der Waals surface area contributed by atoms with Gasteiger partial charge in [0.25, 0.3) is 0 Å². The molecule has 0 saturated heterocycles. The van der Waals surface area contributed by atoms with Crippen LogP contribution < -0.4 is 21.7 Å². The number of carbonyl (C=O) groups excluding carboxylic acids is 3. The number of rotatable bonds is 13. The summed E-state index contributed by atoms with van der Waals surface area (Å²) in [5.74, 6) is -0.205. The summed E-state index contributed by atoms with van der Waals surface area (Å²) < 4.78 is 0. The van der Waals surface area contributed by atoms with E-state index in [1.165, 1.54) is 11.5 Å². The molecule has 1 aliphatic rings. The predicted molar refractivity (Wildman–Crippen MR) is 174 cm³/mol. The third kappa shape index (κ3) is 11.4. The van der Waals surface area contributed by atoms with Gasteiger partial charge in [0.2, 0.25) is 17.7 Å². The molecule has 0 saturated carbocycles. The van der Waals surface area contributed by atoms with Gasteiger partial charge in [-0.15, -0.1) is 0 Å². The molecule has 0 radical (unpaired) electrons. The van der Waals surface area contributed by atoms with E-state index < -0.39 is 48.4 Å². The third-order valence-electron chi connectivity index (χ3n) is 6.92. The molecule has 236 valence electrons. The van der Waals surface area contributed by atoms with E-state index in [-0.39, 0.29) is 25.0 Å². The molecule has 7 N–H and O–H groups in total. The molecule has 1 aliphatic carbocycles. The number of carboxylic acid groups (broad SMARTS) is 1. The Bertz CT molecular complexity index is 1240. The molecule has 12 heteroatoms. The molecule has 2 aromatic carbocycles. The number of carbonyl (C=O) groups is 4. The van der Waals surface area contributed by atoms with Crippen molar-refractivity contribution >= 4 is 47.2 Å². The third-order valence-corrected chi connectivity index (χ3v) is 8.90. The number of benzene rings is 2. The number of aliphatic carboxylic acids is 1. The molecule has 0 heterocycles. The van der Waals surface area contributed by atoms with E-state index in [0.29, 0.717) is 0 Å². The van der Waals surface area contributed by atoms with Crippen LogP contribution in [0.2, 0.25) is 0 Å². The fourth-order valence-electron chi connectivity index (χ4n) is 4.83. The lowest BCUT2D eigenvalue weighted by molar-refractivity contribution is -0.139. The maximum Gasteiger partial charge on any atom is 0.322 e. The van der Waals surface area contributed by atoms with Crippen molar-refractivity contribution in [3.63, 3.8) is 0 Å². The molecular formula is C31H44N4O6S2. The molecule has 1 unspecified atom stereocenters. The zero-order valence-corrected chi connectivity index (χ0v) is 27.1. The van der Waals surface area contributed by atoms with E-state index in [9.17, 15) is 24.3 Å². The van der Waals surface area contributed by atoms with Crippen LogP contribution in [-0.4, -0.2) is 81.6 Å². The largest absolute Gasteiger partial charge is 0.508 e. The van der Waals surface area contributed by atoms with E-state index in [0.717, 1.165) is 33.1 Å². The Labute approximate surface area is 262 Å². The molecule has 3 rings (SSSR count). The summed E-state index contributed by atoms with van der Waals surface area (Å²) in [6, 6.07) is 9.61. The van der Waals surface area contributed by atoms with Gasteiger partial charge in [-0.05, 0) is 71.7 Å². The van der Waals surface area contributed by atoms with Crippen molar-refractivity contribution in [2.24, 2.45) is 5.73 Å². The number of phenolic OH excluding ortho intramolecular Hbond substituents is 1. The van der Waals surface area contributed by atoms with Gasteiger partial charge in [0.1, 0.15) is 17.8 Å². The van der Waals surface area contributed by atoms with Gasteiger partial charge in [0.05, 0.1) is 12.6 Å². The molecule has 0 spiro atoms. The Balaban J connectivity index is 0.000000708. The minimum absolute atomic E-state index is 0.133. The van der Waals surface area contributed by atoms with Crippen LogP contribution in [0.15, 0.2) is 36.4 Å². The number of hydrogen-bond donors (Lipinski definition) is 6. The Morgan fingerprint density at radius 1 is 0.977 bits per heavy atom. The maximum atomic E-state index is 12.9. The SMILES string of the molecule is CSCCSC(C)C.Cc1cc(O)cc(C)c1CC(N)C(=O)NCC(=O)NC1(C(=O)NCC(=O)O)Cc2ccccc2C1. The molecule has 0 bridgehead atoms. The minimum atomic E-state index is -1.36. The summed E-state index contributed by atoms with van der Waals surface area (Å²) >= 11 is 3.96. The molecular weight excluding hydrogens is 588 g/mol. The number of aryl methyl sites for hydroxylation is 2. The monoisotopic (exact) mass is 632 g/mol. The van der Waals surface area contributed by atoms with Crippen LogP contribution in [0.4, 0.5) is 0 Å². The van der Waals surface area contributed by atoms with E-state index >= 15 is 0 Å². The molecule has 3 amide bonds. The fourth-order valence-corrected chi connectivity index (χ4v) is 6.35. The molecule has 2 aromatic rings. The van der Waals surface area contributed by atoms with Gasteiger partial charge in [-0.25, -0.2) is 0 Å². The summed E-state index contributed by atoms with van der Waals surface area (Å²) in [7, 11) is 0. The van der Waals surface area contributed by atoms with Crippen LogP contribution in [0.5, 0.6) is 5.75 Å². The quantitative estimate of drug-likeness (QED) is 0.181. The van der Waals surface area contributed by atoms with Crippen LogP contribution in [-0.2, 0) is 38.4 Å². The lowest BCUT2D eigenvalue weighted by atomic mass is 9.94. The van der Waals surface area contributed by atoms with Crippen LogP contribution in [0.1, 0.15) is 41.7 Å². The van der Waals surface area contributed by atoms with Crippen LogP contribution in [0, 0.1) is 13.8 Å². The highest BCUT2D eigenvalue weighted by Crippen LogP contribution is 2.30. The number of carboxylic acids is 1. The summed E-state index contributed by atoms with van der Waals surface area (Å²) in [4.78, 5) is 49.1. The number of amides is 3. The van der Waals surface area contributed by atoms with Gasteiger partial charge in [-0.1, -0.05) is 38.1 Å². The van der Waals surface area contributed by atoms with E-state index in [1.807, 2.05) is 61.6 Å². The van der Waals surface area contributed by atoms with E-state index in [2.05, 4.69) is 36.1 Å². The summed E-state index contributed by atoms with van der Waals surface area (Å²) in [6.07, 6.45) is 2.78. The molecule has 10 nitrogen and oxygen atoms in total. The summed E-state index contributed by atoms with van der Waals surface area (Å²) in [5, 5.41) is 27.0. The van der Waals surface area contributed by atoms with Crippen molar-refractivity contribution in [1.29, 1.82) is 0 Å². The summed E-state index contributed by atoms with van der Waals surface area (Å²) in [5.41, 5.74) is 8.90. The maximum absolute atomic E-state index is 12.9. The highest BCUT2D eigenvalue weighted by Gasteiger charge is 2.45. The highest BCUT2D eigenvalue weighted by atomic mass is 32.2. The van der Waals surface area contributed by atoms with Crippen molar-refractivity contribution in [3.05, 3.63) is 64.2 Å². The van der Waals surface area contributed by atoms with Crippen LogP contribution in [0.25, 0.3) is 0 Å². The predicted octanol–water partition coefficient (Wildman–Crippen LogP) is 2.34. The van der Waals surface area contributed by atoms with Gasteiger partial charge in [-0.3, -0.25) is 19.2 Å². The molecule has 43 heavy (non-hydrogen) atoms. The number of nitrogens with two attached hydrogens (primary N) is 1. The zero-order chi connectivity index (χ0) is 32.2. The molecule has 0 fully saturated rings. The molecule has 0 aliphatic heterocycles. The first-order valence-corrected chi connectivity index (χ1v) is 16.5. The normalized spacial score (nSPS) is 13.7. The zero-order valence-electron chi connectivity index (χ0n) is 25.5. The summed E-state index contributed by atoms with van der Waals surface area (Å²) in [6.45, 7) is 7.14. The van der Waals surface area contributed by atoms with Crippen LogP contribution >= 0.6 is 23.5 Å². The molecule has 1 atom stereocenters. The number of phenols is 1. The van der Waals surface area contributed by atoms with Gasteiger partial charge in [0, 0.05) is 24.3 Å². The number of aromatic hydroxyl groups is 1. The average Bonchev–Trinajstić information content (AvgIpc) is 3.31. The van der Waals surface area contributed by atoms with Gasteiger partial charge < -0.3 is 31.9 Å². The Morgan fingerprint density at radius 3 is 2.07 bits per heavy atom. The second-order valence-electron chi connectivity index (χ2n) is 10.8. The number of nitrogens with one attached hydrogen (secondary N) is 3. The average molecular weight is 633 g/mol. The highest BCUT2D eigenvalue weighted by molar-refractivity contribution is 8.02. The Hall–Kier alpha value is -3.22. The fraction of sp³-hybridized carbons (Fsp3) is 0.484. The lowest BCUT2D eigenvalue weighted by Gasteiger charge is -2.29. The number of fused-ring (bicyclic) bond motifs is 1. The standard InChI is InChI=1S/C25H30N4O6.C6H14S2/c1-14-7-18(30)8-15(2)19(14)9-20(26)23(34)27-12-21(31)29-25(24(35)28-13-22(32)33)10-16-5-3-4-6-17(16)11-25;1-6(2)8-5-4-7-3/h3-8,20,30H,9-13,26H2,1-2H3,(H,27,34)(H,28,35)(H,29,31)(H,32,33);6H,4-5H2,1-3H3. The first-order valence-electron chi connectivity index (χ1n) is 14.1. The van der Waals surface area contributed by atoms with Gasteiger partial charge in [0.15, 0.2) is 0 Å². The van der Waals surface area contributed by atoms with Crippen molar-refractivity contribution < 1.29 is 29.4 Å². The second-order valence-corrected chi connectivity index (χ2v) is 13.5. The van der Waals surface area contributed by atoms with Crippen molar-refractivity contribution in [1.82, 2.24) is 16.0 Å².